The number of aliphatic hydroxyl groups excluding tert-OH is 1. The van der Waals surface area contributed by atoms with Crippen molar-refractivity contribution >= 4 is 0 Å². The summed E-state index contributed by atoms with van der Waals surface area (Å²) in [5.74, 6) is 0. The maximum atomic E-state index is 9.23. The third kappa shape index (κ3) is 4.19. The van der Waals surface area contributed by atoms with Crippen LogP contribution >= 0.6 is 0 Å². The van der Waals surface area contributed by atoms with E-state index >= 15 is 0 Å². The molecule has 0 aromatic heterocycles. The number of benzene rings is 2. The summed E-state index contributed by atoms with van der Waals surface area (Å²) in [7, 11) is 0. The van der Waals surface area contributed by atoms with Gasteiger partial charge in [-0.2, -0.15) is 0 Å². The largest absolute Gasteiger partial charge is 0.395 e. The van der Waals surface area contributed by atoms with E-state index in [0.717, 1.165) is 6.42 Å². The van der Waals surface area contributed by atoms with Gasteiger partial charge in [0.1, 0.15) is 0 Å². The minimum Gasteiger partial charge on any atom is -0.395 e. The third-order valence-electron chi connectivity index (χ3n) is 3.24. The van der Waals surface area contributed by atoms with Crippen LogP contribution in [0.1, 0.15) is 24.1 Å². The highest BCUT2D eigenvalue weighted by atomic mass is 16.3. The van der Waals surface area contributed by atoms with Gasteiger partial charge in [-0.15, -0.1) is 0 Å². The van der Waals surface area contributed by atoms with Crippen molar-refractivity contribution in [3.05, 3.63) is 71.8 Å². The summed E-state index contributed by atoms with van der Waals surface area (Å²) in [6.07, 6.45) is 0.926. The van der Waals surface area contributed by atoms with Crippen LogP contribution in [-0.2, 0) is 6.42 Å². The highest BCUT2D eigenvalue weighted by Crippen LogP contribution is 2.18. The van der Waals surface area contributed by atoms with Crippen LogP contribution in [0.5, 0.6) is 0 Å². The zero-order valence-corrected chi connectivity index (χ0v) is 11.3. The summed E-state index contributed by atoms with van der Waals surface area (Å²) >= 11 is 0. The Bertz CT molecular complexity index is 469. The van der Waals surface area contributed by atoms with Crippen molar-refractivity contribution in [3.8, 4) is 0 Å². The van der Waals surface area contributed by atoms with Gasteiger partial charge in [0.05, 0.1) is 6.61 Å². The molecule has 2 nitrogen and oxygen atoms in total. The second-order valence-electron chi connectivity index (χ2n) is 4.90. The van der Waals surface area contributed by atoms with Gasteiger partial charge in [0.2, 0.25) is 0 Å². The van der Waals surface area contributed by atoms with Crippen LogP contribution < -0.4 is 5.32 Å². The van der Waals surface area contributed by atoms with Gasteiger partial charge in [-0.1, -0.05) is 60.7 Å². The van der Waals surface area contributed by atoms with Crippen LogP contribution in [0.15, 0.2) is 60.7 Å². The maximum Gasteiger partial charge on any atom is 0.0582 e. The van der Waals surface area contributed by atoms with Crippen LogP contribution in [0.3, 0.4) is 0 Å². The third-order valence-corrected chi connectivity index (χ3v) is 3.24. The predicted octanol–water partition coefficient (Wildman–Crippen LogP) is 2.94. The molecule has 0 aliphatic carbocycles. The Morgan fingerprint density at radius 3 is 2.11 bits per heavy atom. The first-order chi connectivity index (χ1) is 9.29. The SMILES string of the molecule is C[C@H](CO)N[C@H](Cc1ccccc1)c1ccccc1. The van der Waals surface area contributed by atoms with Crippen LogP contribution in [-0.4, -0.2) is 17.8 Å². The number of hydrogen-bond donors (Lipinski definition) is 2. The first-order valence-corrected chi connectivity index (χ1v) is 6.75. The molecular formula is C17H21NO. The fraction of sp³-hybridized carbons (Fsp3) is 0.294. The van der Waals surface area contributed by atoms with Crippen LogP contribution in [0.2, 0.25) is 0 Å². The molecule has 2 aromatic carbocycles. The van der Waals surface area contributed by atoms with E-state index < -0.39 is 0 Å². The first kappa shape index (κ1) is 13.8. The Balaban J connectivity index is 2.15. The van der Waals surface area contributed by atoms with Crippen LogP contribution in [0, 0.1) is 0 Å². The van der Waals surface area contributed by atoms with Crippen molar-refractivity contribution in [2.24, 2.45) is 0 Å². The lowest BCUT2D eigenvalue weighted by Crippen LogP contribution is -2.34. The Hall–Kier alpha value is -1.64. The molecular weight excluding hydrogens is 234 g/mol. The average molecular weight is 255 g/mol. The molecule has 0 aliphatic rings. The van der Waals surface area contributed by atoms with E-state index in [-0.39, 0.29) is 18.7 Å². The van der Waals surface area contributed by atoms with Gasteiger partial charge < -0.3 is 10.4 Å². The molecule has 0 aliphatic heterocycles. The molecule has 2 rings (SSSR count). The molecule has 0 saturated heterocycles. The van der Waals surface area contributed by atoms with Crippen molar-refractivity contribution in [1.29, 1.82) is 0 Å². The topological polar surface area (TPSA) is 32.3 Å². The van der Waals surface area contributed by atoms with E-state index in [0.29, 0.717) is 0 Å². The van der Waals surface area contributed by atoms with Gasteiger partial charge in [0.25, 0.3) is 0 Å². The molecule has 0 radical (unpaired) electrons. The Morgan fingerprint density at radius 1 is 0.947 bits per heavy atom. The first-order valence-electron chi connectivity index (χ1n) is 6.75. The number of nitrogens with one attached hydrogen (secondary N) is 1. The number of hydrogen-bond acceptors (Lipinski definition) is 2. The predicted molar refractivity (Wildman–Crippen MR) is 79.0 cm³/mol. The minimum absolute atomic E-state index is 0.0916. The molecule has 0 heterocycles. The number of aliphatic hydroxyl groups is 1. The smallest absolute Gasteiger partial charge is 0.0582 e. The fourth-order valence-corrected chi connectivity index (χ4v) is 2.20. The highest BCUT2D eigenvalue weighted by molar-refractivity contribution is 5.23. The lowest BCUT2D eigenvalue weighted by molar-refractivity contribution is 0.240. The molecule has 19 heavy (non-hydrogen) atoms. The van der Waals surface area contributed by atoms with E-state index in [1.54, 1.807) is 0 Å². The highest BCUT2D eigenvalue weighted by Gasteiger charge is 2.14. The molecule has 0 bridgehead atoms. The second kappa shape index (κ2) is 7.07. The molecule has 0 spiro atoms. The summed E-state index contributed by atoms with van der Waals surface area (Å²) in [4.78, 5) is 0. The molecule has 0 unspecified atom stereocenters. The molecule has 2 N–H and O–H groups in total. The summed E-state index contributed by atoms with van der Waals surface area (Å²) in [6.45, 7) is 2.15. The lowest BCUT2D eigenvalue weighted by atomic mass is 9.98. The normalized spacial score (nSPS) is 14.0. The molecule has 100 valence electrons. The van der Waals surface area contributed by atoms with Gasteiger partial charge >= 0.3 is 0 Å². The van der Waals surface area contributed by atoms with Crippen LogP contribution in [0.4, 0.5) is 0 Å². The Morgan fingerprint density at radius 2 is 1.53 bits per heavy atom. The van der Waals surface area contributed by atoms with Gasteiger partial charge in [0.15, 0.2) is 0 Å². The fourth-order valence-electron chi connectivity index (χ4n) is 2.20. The zero-order chi connectivity index (χ0) is 13.5. The molecule has 2 atom stereocenters. The van der Waals surface area contributed by atoms with E-state index in [9.17, 15) is 5.11 Å². The standard InChI is InChI=1S/C17H21NO/c1-14(13-19)18-17(16-10-6-3-7-11-16)12-15-8-4-2-5-9-15/h2-11,14,17-19H,12-13H2,1H3/t14-,17-/m1/s1. The van der Waals surface area contributed by atoms with E-state index in [1.807, 2.05) is 19.1 Å². The van der Waals surface area contributed by atoms with E-state index in [4.69, 9.17) is 0 Å². The van der Waals surface area contributed by atoms with E-state index in [2.05, 4.69) is 53.8 Å². The van der Waals surface area contributed by atoms with E-state index in [1.165, 1.54) is 11.1 Å². The number of rotatable bonds is 6. The van der Waals surface area contributed by atoms with Gasteiger partial charge in [-0.05, 0) is 24.5 Å². The Labute approximate surface area is 115 Å². The van der Waals surface area contributed by atoms with Crippen molar-refractivity contribution in [1.82, 2.24) is 5.32 Å². The molecule has 0 amide bonds. The monoisotopic (exact) mass is 255 g/mol. The lowest BCUT2D eigenvalue weighted by Gasteiger charge is -2.23. The van der Waals surface area contributed by atoms with Gasteiger partial charge in [-0.3, -0.25) is 0 Å². The quantitative estimate of drug-likeness (QED) is 0.832. The summed E-state index contributed by atoms with van der Waals surface area (Å²) in [5.41, 5.74) is 2.56. The Kier molecular flexibility index (Phi) is 5.13. The van der Waals surface area contributed by atoms with Gasteiger partial charge in [0, 0.05) is 12.1 Å². The molecule has 2 heteroatoms. The van der Waals surface area contributed by atoms with Crippen molar-refractivity contribution in [2.75, 3.05) is 6.61 Å². The van der Waals surface area contributed by atoms with Gasteiger partial charge in [-0.25, -0.2) is 0 Å². The second-order valence-corrected chi connectivity index (χ2v) is 4.90. The average Bonchev–Trinajstić information content (AvgIpc) is 2.48. The summed E-state index contributed by atoms with van der Waals surface area (Å²) in [5, 5.41) is 12.7. The molecule has 2 aromatic rings. The molecule has 0 saturated carbocycles. The van der Waals surface area contributed by atoms with Crippen molar-refractivity contribution in [3.63, 3.8) is 0 Å². The maximum absolute atomic E-state index is 9.23. The molecule has 0 fully saturated rings. The minimum atomic E-state index is 0.0916. The van der Waals surface area contributed by atoms with Crippen molar-refractivity contribution < 1.29 is 5.11 Å². The summed E-state index contributed by atoms with van der Waals surface area (Å²) < 4.78 is 0. The zero-order valence-electron chi connectivity index (χ0n) is 11.3. The summed E-state index contributed by atoms with van der Waals surface area (Å²) in [6, 6.07) is 21.2. The van der Waals surface area contributed by atoms with Crippen LogP contribution in [0.25, 0.3) is 0 Å². The van der Waals surface area contributed by atoms with Crippen molar-refractivity contribution in [2.45, 2.75) is 25.4 Å².